The Balaban J connectivity index is 2.01. The van der Waals surface area contributed by atoms with Crippen molar-refractivity contribution < 1.29 is 23.9 Å². The van der Waals surface area contributed by atoms with Gasteiger partial charge in [-0.2, -0.15) is 0 Å². The lowest BCUT2D eigenvalue weighted by molar-refractivity contribution is -0.158. The molecule has 0 spiro atoms. The van der Waals surface area contributed by atoms with Crippen LogP contribution in [0.2, 0.25) is 0 Å². The van der Waals surface area contributed by atoms with Crippen molar-refractivity contribution in [3.8, 4) is 0 Å². The Bertz CT molecular complexity index is 927. The molecule has 0 aliphatic rings. The Hall–Kier alpha value is -3.41. The third-order valence-electron chi connectivity index (χ3n) is 4.64. The molecule has 0 aliphatic heterocycles. The van der Waals surface area contributed by atoms with Crippen molar-refractivity contribution in [3.05, 3.63) is 77.4 Å². The van der Waals surface area contributed by atoms with E-state index in [2.05, 4.69) is 4.74 Å². The highest BCUT2D eigenvalue weighted by Crippen LogP contribution is 2.19. The average Bonchev–Trinajstić information content (AvgIpc) is 2.75. The van der Waals surface area contributed by atoms with Crippen molar-refractivity contribution in [3.63, 3.8) is 0 Å². The van der Waals surface area contributed by atoms with Gasteiger partial charge in [0.1, 0.15) is 0 Å². The predicted molar refractivity (Wildman–Crippen MR) is 119 cm³/mol. The number of rotatable bonds is 7. The molecule has 0 heterocycles. The van der Waals surface area contributed by atoms with Gasteiger partial charge in [0.05, 0.1) is 12.7 Å². The second-order valence-electron chi connectivity index (χ2n) is 8.11. The highest BCUT2D eigenvalue weighted by Gasteiger charge is 2.31. The Morgan fingerprint density at radius 1 is 1.00 bits per heavy atom. The molecule has 1 amide bonds. The van der Waals surface area contributed by atoms with Crippen LogP contribution in [0.25, 0.3) is 6.08 Å². The van der Waals surface area contributed by atoms with Crippen LogP contribution in [0.15, 0.2) is 60.7 Å². The molecule has 164 valence electrons. The summed E-state index contributed by atoms with van der Waals surface area (Å²) in [5, 5.41) is 0. The largest absolute Gasteiger partial charge is 0.465 e. The van der Waals surface area contributed by atoms with E-state index < -0.39 is 23.6 Å². The maximum absolute atomic E-state index is 13.0. The first kappa shape index (κ1) is 23.9. The molecule has 2 aromatic rings. The molecule has 2 rings (SSSR count). The van der Waals surface area contributed by atoms with Crippen LogP contribution in [-0.2, 0) is 25.6 Å². The number of ether oxygens (including phenoxy) is 2. The Labute approximate surface area is 183 Å². The maximum atomic E-state index is 13.0. The first-order chi connectivity index (χ1) is 14.6. The van der Waals surface area contributed by atoms with E-state index in [0.717, 1.165) is 5.56 Å². The highest BCUT2D eigenvalue weighted by molar-refractivity contribution is 5.91. The number of carbonyl (C=O) groups is 3. The van der Waals surface area contributed by atoms with Gasteiger partial charge in [0.15, 0.2) is 6.10 Å². The van der Waals surface area contributed by atoms with Crippen LogP contribution in [0.5, 0.6) is 0 Å². The second kappa shape index (κ2) is 10.6. The van der Waals surface area contributed by atoms with Crippen LogP contribution in [0, 0.1) is 0 Å². The fourth-order valence-corrected chi connectivity index (χ4v) is 2.91. The molecule has 0 saturated heterocycles. The summed E-state index contributed by atoms with van der Waals surface area (Å²) in [5.41, 5.74) is 1.69. The minimum atomic E-state index is -0.929. The Kier molecular flexibility index (Phi) is 8.14. The van der Waals surface area contributed by atoms with E-state index in [9.17, 15) is 14.4 Å². The van der Waals surface area contributed by atoms with Crippen molar-refractivity contribution >= 4 is 23.9 Å². The van der Waals surface area contributed by atoms with Gasteiger partial charge in [0.25, 0.3) is 5.91 Å². The van der Waals surface area contributed by atoms with Gasteiger partial charge in [-0.3, -0.25) is 4.79 Å². The standard InChI is InChI=1S/C25H29NO5/c1-18(23(28)26(25(2,3)4)17-20-9-7-6-8-10-20)31-22(27)16-13-19-11-14-21(15-12-19)24(29)30-5/h6-16,18H,17H2,1-5H3/b16-13+/t18-/m0/s1. The third kappa shape index (κ3) is 7.10. The molecule has 31 heavy (non-hydrogen) atoms. The van der Waals surface area contributed by atoms with E-state index in [0.29, 0.717) is 17.7 Å². The number of nitrogens with zero attached hydrogens (tertiary/aromatic N) is 1. The molecule has 0 unspecified atom stereocenters. The predicted octanol–water partition coefficient (Wildman–Crippen LogP) is 4.25. The molecule has 0 N–H and O–H groups in total. The lowest BCUT2D eigenvalue weighted by atomic mass is 10.0. The summed E-state index contributed by atoms with van der Waals surface area (Å²) >= 11 is 0. The van der Waals surface area contributed by atoms with Crippen LogP contribution in [0.3, 0.4) is 0 Å². The summed E-state index contributed by atoms with van der Waals surface area (Å²) in [7, 11) is 1.31. The van der Waals surface area contributed by atoms with Crippen molar-refractivity contribution in [1.29, 1.82) is 0 Å². The van der Waals surface area contributed by atoms with E-state index in [1.54, 1.807) is 42.2 Å². The number of esters is 2. The summed E-state index contributed by atoms with van der Waals surface area (Å²) in [6, 6.07) is 16.3. The molecule has 0 radical (unpaired) electrons. The number of hydrogen-bond donors (Lipinski definition) is 0. The van der Waals surface area contributed by atoms with E-state index >= 15 is 0 Å². The van der Waals surface area contributed by atoms with Gasteiger partial charge in [0.2, 0.25) is 0 Å². The second-order valence-corrected chi connectivity index (χ2v) is 8.11. The fraction of sp³-hybridized carbons (Fsp3) is 0.320. The number of benzene rings is 2. The number of hydrogen-bond acceptors (Lipinski definition) is 5. The first-order valence-corrected chi connectivity index (χ1v) is 10.0. The van der Waals surface area contributed by atoms with Gasteiger partial charge in [-0.25, -0.2) is 9.59 Å². The zero-order chi connectivity index (χ0) is 23.0. The minimum absolute atomic E-state index is 0.263. The van der Waals surface area contributed by atoms with Crippen LogP contribution >= 0.6 is 0 Å². The van der Waals surface area contributed by atoms with E-state index in [1.807, 2.05) is 51.1 Å². The van der Waals surface area contributed by atoms with Crippen molar-refractivity contribution in [2.24, 2.45) is 0 Å². The molecule has 0 aliphatic carbocycles. The van der Waals surface area contributed by atoms with Gasteiger partial charge in [-0.05, 0) is 57.0 Å². The smallest absolute Gasteiger partial charge is 0.337 e. The molecule has 0 saturated carbocycles. The van der Waals surface area contributed by atoms with Gasteiger partial charge in [0, 0.05) is 18.2 Å². The zero-order valence-corrected chi connectivity index (χ0v) is 18.6. The maximum Gasteiger partial charge on any atom is 0.337 e. The molecular formula is C25H29NO5. The summed E-state index contributed by atoms with van der Waals surface area (Å²) in [4.78, 5) is 38.4. The van der Waals surface area contributed by atoms with Gasteiger partial charge in [-0.15, -0.1) is 0 Å². The van der Waals surface area contributed by atoms with Gasteiger partial charge < -0.3 is 14.4 Å². The molecule has 2 aromatic carbocycles. The first-order valence-electron chi connectivity index (χ1n) is 10.0. The molecule has 0 fully saturated rings. The molecule has 1 atom stereocenters. The van der Waals surface area contributed by atoms with E-state index in [4.69, 9.17) is 4.74 Å². The van der Waals surface area contributed by atoms with Crippen molar-refractivity contribution in [1.82, 2.24) is 4.90 Å². The highest BCUT2D eigenvalue weighted by atomic mass is 16.5. The summed E-state index contributed by atoms with van der Waals surface area (Å²) < 4.78 is 9.99. The molecule has 6 nitrogen and oxygen atoms in total. The lowest BCUT2D eigenvalue weighted by Gasteiger charge is -2.37. The normalized spacial score (nSPS) is 12.3. The minimum Gasteiger partial charge on any atom is -0.465 e. The lowest BCUT2D eigenvalue weighted by Crippen LogP contribution is -2.49. The number of amides is 1. The van der Waals surface area contributed by atoms with Crippen LogP contribution in [0.4, 0.5) is 0 Å². The summed E-state index contributed by atoms with van der Waals surface area (Å²) in [5.74, 6) is -1.31. The Morgan fingerprint density at radius 2 is 1.61 bits per heavy atom. The van der Waals surface area contributed by atoms with Gasteiger partial charge >= 0.3 is 11.9 Å². The van der Waals surface area contributed by atoms with E-state index in [-0.39, 0.29) is 5.91 Å². The fourth-order valence-electron chi connectivity index (χ4n) is 2.91. The van der Waals surface area contributed by atoms with E-state index in [1.165, 1.54) is 13.2 Å². The summed E-state index contributed by atoms with van der Waals surface area (Å²) in [6.07, 6.45) is 1.89. The third-order valence-corrected chi connectivity index (χ3v) is 4.64. The molecule has 6 heteroatoms. The quantitative estimate of drug-likeness (QED) is 0.492. The number of methoxy groups -OCH3 is 1. The topological polar surface area (TPSA) is 72.9 Å². The summed E-state index contributed by atoms with van der Waals surface area (Å²) in [6.45, 7) is 7.83. The monoisotopic (exact) mass is 423 g/mol. The average molecular weight is 424 g/mol. The van der Waals surface area contributed by atoms with Crippen molar-refractivity contribution in [2.75, 3.05) is 7.11 Å². The molecule has 0 aromatic heterocycles. The number of carbonyl (C=O) groups excluding carboxylic acids is 3. The van der Waals surface area contributed by atoms with Crippen LogP contribution < -0.4 is 0 Å². The molecule has 0 bridgehead atoms. The molecular weight excluding hydrogens is 394 g/mol. The Morgan fingerprint density at radius 3 is 2.16 bits per heavy atom. The zero-order valence-electron chi connectivity index (χ0n) is 18.6. The van der Waals surface area contributed by atoms with Gasteiger partial charge in [-0.1, -0.05) is 42.5 Å². The SMILES string of the molecule is COC(=O)c1ccc(/C=C/C(=O)O[C@@H](C)C(=O)N(Cc2ccccc2)C(C)(C)C)cc1. The van der Waals surface area contributed by atoms with Crippen LogP contribution in [-0.4, -0.2) is 41.5 Å². The van der Waals surface area contributed by atoms with Crippen LogP contribution in [0.1, 0.15) is 49.2 Å². The van der Waals surface area contributed by atoms with Crippen molar-refractivity contribution in [2.45, 2.75) is 45.9 Å².